The van der Waals surface area contributed by atoms with Crippen LogP contribution in [0.4, 0.5) is 17.1 Å². The van der Waals surface area contributed by atoms with Crippen molar-refractivity contribution < 1.29 is 2.74 Å². The van der Waals surface area contributed by atoms with Gasteiger partial charge in [0.1, 0.15) is 0 Å². The molecule has 69 heavy (non-hydrogen) atoms. The normalized spacial score (nSPS) is 20.1. The van der Waals surface area contributed by atoms with Crippen molar-refractivity contribution in [2.24, 2.45) is 10.8 Å². The predicted octanol–water partition coefficient (Wildman–Crippen LogP) is 18.8. The zero-order valence-corrected chi connectivity index (χ0v) is 41.3. The highest BCUT2D eigenvalue weighted by atomic mass is 15.1. The summed E-state index contributed by atoms with van der Waals surface area (Å²) in [5, 5.41) is 0. The minimum Gasteiger partial charge on any atom is -0.309 e. The molecule has 5 aliphatic rings. The summed E-state index contributed by atoms with van der Waals surface area (Å²) in [5.74, 6) is -1.32. The summed E-state index contributed by atoms with van der Waals surface area (Å²) < 4.78 is 20.4. The van der Waals surface area contributed by atoms with Crippen LogP contribution in [0, 0.1) is 10.8 Å². The molecule has 5 aliphatic carbocycles. The highest BCUT2D eigenvalue weighted by Crippen LogP contribution is 2.66. The smallest absolute Gasteiger partial charge is 0.0726 e. The SMILES string of the molecule is [2H]C1(c2ccc3c(c2)C2(c4cc(C5([2H])CCC(C)(C)CC5)ccc4-3)c3ccccc3-c3c(N(c4ccc5c(c4)C(C)(C)c4ccccc4-5)c4ccccc4-c4ccccc4)cccc32)CCC(C)(C)CC1. The van der Waals surface area contributed by atoms with Gasteiger partial charge in [0.15, 0.2) is 0 Å². The van der Waals surface area contributed by atoms with Crippen LogP contribution in [0.1, 0.15) is 152 Å². The fourth-order valence-electron chi connectivity index (χ4n) is 13.6. The van der Waals surface area contributed by atoms with Gasteiger partial charge in [-0.05, 0) is 176 Å². The molecule has 0 aliphatic heterocycles. The molecule has 0 atom stereocenters. The van der Waals surface area contributed by atoms with Crippen LogP contribution in [0.25, 0.3) is 44.5 Å². The van der Waals surface area contributed by atoms with Gasteiger partial charge in [0.25, 0.3) is 0 Å². The number of benzene rings is 8. The molecule has 0 unspecified atom stereocenters. The van der Waals surface area contributed by atoms with Crippen LogP contribution in [0.5, 0.6) is 0 Å². The number of anilines is 3. The van der Waals surface area contributed by atoms with Crippen molar-refractivity contribution in [1.29, 1.82) is 0 Å². The van der Waals surface area contributed by atoms with Crippen LogP contribution in [0.15, 0.2) is 176 Å². The number of nitrogens with zero attached hydrogens (tertiary/aromatic N) is 1. The lowest BCUT2D eigenvalue weighted by molar-refractivity contribution is 0.224. The number of hydrogen-bond acceptors (Lipinski definition) is 1. The Labute approximate surface area is 414 Å². The lowest BCUT2D eigenvalue weighted by Gasteiger charge is -2.36. The molecule has 0 amide bonds. The zero-order valence-electron chi connectivity index (χ0n) is 43.3. The van der Waals surface area contributed by atoms with Gasteiger partial charge < -0.3 is 4.90 Å². The maximum atomic E-state index is 10.2. The summed E-state index contributed by atoms with van der Waals surface area (Å²) in [6.07, 6.45) is 7.62. The molecule has 0 heterocycles. The van der Waals surface area contributed by atoms with E-state index in [9.17, 15) is 2.74 Å². The number of rotatable bonds is 6. The van der Waals surface area contributed by atoms with Crippen molar-refractivity contribution in [3.8, 4) is 44.5 Å². The molecule has 1 spiro atoms. The van der Waals surface area contributed by atoms with Gasteiger partial charge in [-0.15, -0.1) is 0 Å². The van der Waals surface area contributed by atoms with E-state index in [0.29, 0.717) is 0 Å². The first kappa shape index (κ1) is 40.4. The van der Waals surface area contributed by atoms with Gasteiger partial charge in [0, 0.05) is 25.0 Å². The second-order valence-electron chi connectivity index (χ2n) is 23.2. The molecule has 0 radical (unpaired) electrons. The van der Waals surface area contributed by atoms with Crippen molar-refractivity contribution in [3.05, 3.63) is 220 Å². The van der Waals surface area contributed by atoms with Crippen LogP contribution in [0.3, 0.4) is 0 Å². The third kappa shape index (κ3) is 6.48. The Morgan fingerprint density at radius 3 is 1.51 bits per heavy atom. The average Bonchev–Trinajstić information content (AvgIpc) is 3.95. The molecule has 0 saturated heterocycles. The molecular formula is C68H65N. The predicted molar refractivity (Wildman–Crippen MR) is 290 cm³/mol. The molecule has 0 bridgehead atoms. The van der Waals surface area contributed by atoms with Crippen molar-refractivity contribution in [2.45, 2.75) is 116 Å². The van der Waals surface area contributed by atoms with Gasteiger partial charge in [0.2, 0.25) is 0 Å². The molecule has 8 aromatic rings. The van der Waals surface area contributed by atoms with E-state index < -0.39 is 17.2 Å². The quantitative estimate of drug-likeness (QED) is 0.161. The Kier molecular flexibility index (Phi) is 9.11. The first-order valence-corrected chi connectivity index (χ1v) is 25.9. The molecule has 342 valence electrons. The Bertz CT molecular complexity index is 3360. The van der Waals surface area contributed by atoms with E-state index in [2.05, 4.69) is 222 Å². The van der Waals surface area contributed by atoms with Crippen LogP contribution >= 0.6 is 0 Å². The molecule has 2 fully saturated rings. The molecule has 13 rings (SSSR count). The lowest BCUT2D eigenvalue weighted by Crippen LogP contribution is -2.27. The molecule has 1 heteroatoms. The highest BCUT2D eigenvalue weighted by molar-refractivity contribution is 6.03. The fourth-order valence-corrected chi connectivity index (χ4v) is 13.6. The van der Waals surface area contributed by atoms with Crippen molar-refractivity contribution in [2.75, 3.05) is 4.90 Å². The highest BCUT2D eigenvalue weighted by Gasteiger charge is 2.53. The van der Waals surface area contributed by atoms with Crippen LogP contribution in [-0.4, -0.2) is 0 Å². The second kappa shape index (κ2) is 15.5. The number of fused-ring (bicyclic) bond motifs is 13. The molecule has 8 aromatic carbocycles. The topological polar surface area (TPSA) is 3.24 Å². The standard InChI is InChI=1S/C68H65N/c1-65(2)37-33-44(34-38-65)47-27-30-53-54-31-28-48(45-35-39-66(3,4)40-36-45)42-61(54)68(60(53)41-47)57-23-14-11-21-55(57)64-58(68)24-16-26-63(64)69(62-25-15-12-19-50(62)46-17-8-7-9-18-46)49-29-32-52-51-20-10-13-22-56(51)67(5,6)59(52)43-49/h7-32,41-45H,33-40H2,1-6H3/i44D,45D. The van der Waals surface area contributed by atoms with Crippen molar-refractivity contribution in [3.63, 3.8) is 0 Å². The van der Waals surface area contributed by atoms with E-state index in [-0.39, 0.29) is 16.2 Å². The summed E-state index contributed by atoms with van der Waals surface area (Å²) in [4.78, 5) is 2.56. The third-order valence-corrected chi connectivity index (χ3v) is 17.7. The van der Waals surface area contributed by atoms with Gasteiger partial charge in [-0.1, -0.05) is 193 Å². The van der Waals surface area contributed by atoms with Crippen LogP contribution < -0.4 is 4.90 Å². The molecule has 2 saturated carbocycles. The van der Waals surface area contributed by atoms with E-state index in [0.717, 1.165) is 79.6 Å². The summed E-state index contributed by atoms with van der Waals surface area (Å²) >= 11 is 0. The van der Waals surface area contributed by atoms with E-state index in [1.54, 1.807) is 0 Å². The lowest BCUT2D eigenvalue weighted by atomic mass is 9.67. The van der Waals surface area contributed by atoms with Gasteiger partial charge in [-0.25, -0.2) is 0 Å². The fraction of sp³-hybridized carbons (Fsp3) is 0.294. The summed E-state index contributed by atoms with van der Waals surface area (Å²) in [6.45, 7) is 14.3. The minimum atomic E-state index is -0.667. The summed E-state index contributed by atoms with van der Waals surface area (Å²) in [7, 11) is 0. The number of para-hydroxylation sites is 1. The van der Waals surface area contributed by atoms with Crippen LogP contribution in [0.2, 0.25) is 0 Å². The second-order valence-corrected chi connectivity index (χ2v) is 23.2. The first-order valence-electron chi connectivity index (χ1n) is 26.9. The summed E-state index contributed by atoms with van der Waals surface area (Å²) in [6, 6.07) is 66.6. The maximum absolute atomic E-state index is 10.2. The zero-order chi connectivity index (χ0) is 48.7. The average molecular weight is 898 g/mol. The molecule has 1 nitrogen and oxygen atoms in total. The Hall–Kier alpha value is -6.44. The van der Waals surface area contributed by atoms with Gasteiger partial charge >= 0.3 is 0 Å². The molecule has 0 aromatic heterocycles. The summed E-state index contributed by atoms with van der Waals surface area (Å²) in [5.41, 5.74) is 23.1. The van der Waals surface area contributed by atoms with E-state index in [1.807, 2.05) is 0 Å². The van der Waals surface area contributed by atoms with Gasteiger partial charge in [0.05, 0.1) is 16.8 Å². The van der Waals surface area contributed by atoms with Crippen molar-refractivity contribution in [1.82, 2.24) is 0 Å². The first-order chi connectivity index (χ1) is 34.1. The molecule has 0 N–H and O–H groups in total. The Morgan fingerprint density at radius 1 is 0.391 bits per heavy atom. The van der Waals surface area contributed by atoms with Crippen molar-refractivity contribution >= 4 is 17.1 Å². The third-order valence-electron chi connectivity index (χ3n) is 17.7. The largest absolute Gasteiger partial charge is 0.309 e. The van der Waals surface area contributed by atoms with Gasteiger partial charge in [-0.2, -0.15) is 0 Å². The van der Waals surface area contributed by atoms with Gasteiger partial charge in [-0.3, -0.25) is 0 Å². The maximum Gasteiger partial charge on any atom is 0.0726 e. The monoisotopic (exact) mass is 898 g/mol. The minimum absolute atomic E-state index is 0.179. The van der Waals surface area contributed by atoms with E-state index in [1.165, 1.54) is 77.9 Å². The van der Waals surface area contributed by atoms with E-state index >= 15 is 0 Å². The Morgan fingerprint density at radius 2 is 0.870 bits per heavy atom. The van der Waals surface area contributed by atoms with E-state index in [4.69, 9.17) is 0 Å². The van der Waals surface area contributed by atoms with Crippen LogP contribution in [-0.2, 0) is 10.8 Å². The Balaban J connectivity index is 1.09. The molecular weight excluding hydrogens is 831 g/mol. The number of hydrogen-bond donors (Lipinski definition) is 0.